The van der Waals surface area contributed by atoms with Crippen LogP contribution in [0.4, 0.5) is 0 Å². The first kappa shape index (κ1) is 10.1. The summed E-state index contributed by atoms with van der Waals surface area (Å²) in [4.78, 5) is 12.5. The van der Waals surface area contributed by atoms with Gasteiger partial charge in [-0.3, -0.25) is 0 Å². The van der Waals surface area contributed by atoms with Crippen LogP contribution in [0, 0.1) is 0 Å². The minimum Gasteiger partial charge on any atom is -0.478 e. The van der Waals surface area contributed by atoms with E-state index in [1.807, 2.05) is 17.5 Å². The van der Waals surface area contributed by atoms with Crippen molar-refractivity contribution in [3.63, 3.8) is 0 Å². The Balaban J connectivity index is 2.21. The summed E-state index contributed by atoms with van der Waals surface area (Å²) in [6, 6.07) is 5.99. The highest BCUT2D eigenvalue weighted by Crippen LogP contribution is 2.30. The van der Waals surface area contributed by atoms with Gasteiger partial charge in [0.2, 0.25) is 0 Å². The second kappa shape index (κ2) is 4.42. The molecule has 0 unspecified atom stereocenters. The van der Waals surface area contributed by atoms with Crippen LogP contribution >= 0.6 is 22.7 Å². The van der Waals surface area contributed by atoms with Crippen molar-refractivity contribution in [2.24, 2.45) is 0 Å². The van der Waals surface area contributed by atoms with E-state index in [0.29, 0.717) is 0 Å². The van der Waals surface area contributed by atoms with Gasteiger partial charge in [0, 0.05) is 21.4 Å². The molecule has 1 N–H and O–H groups in total. The molecule has 0 aliphatic rings. The molecule has 0 atom stereocenters. The lowest BCUT2D eigenvalue weighted by Crippen LogP contribution is -1.84. The van der Waals surface area contributed by atoms with Crippen LogP contribution in [0.15, 0.2) is 35.0 Å². The SMILES string of the molecule is O=C(O)/C=C/c1ccc(-c2ccsc2)s1. The maximum absolute atomic E-state index is 10.3. The van der Waals surface area contributed by atoms with E-state index in [0.717, 1.165) is 11.0 Å². The molecule has 0 saturated heterocycles. The second-order valence-electron chi connectivity index (χ2n) is 2.89. The van der Waals surface area contributed by atoms with Crippen LogP contribution in [0.25, 0.3) is 16.5 Å². The number of carboxylic acid groups (broad SMARTS) is 1. The molecule has 2 nitrogen and oxygen atoms in total. The summed E-state index contributed by atoms with van der Waals surface area (Å²) in [5.74, 6) is -0.916. The van der Waals surface area contributed by atoms with Crippen molar-refractivity contribution >= 4 is 34.7 Å². The Labute approximate surface area is 95.1 Å². The zero-order chi connectivity index (χ0) is 10.7. The van der Waals surface area contributed by atoms with E-state index >= 15 is 0 Å². The summed E-state index contributed by atoms with van der Waals surface area (Å²) in [5, 5.41) is 12.6. The molecule has 2 aromatic rings. The van der Waals surface area contributed by atoms with Crippen LogP contribution in [-0.4, -0.2) is 11.1 Å². The summed E-state index contributed by atoms with van der Waals surface area (Å²) in [7, 11) is 0. The van der Waals surface area contributed by atoms with Crippen molar-refractivity contribution in [2.75, 3.05) is 0 Å². The van der Waals surface area contributed by atoms with Gasteiger partial charge in [0.15, 0.2) is 0 Å². The van der Waals surface area contributed by atoms with Gasteiger partial charge in [-0.2, -0.15) is 11.3 Å². The smallest absolute Gasteiger partial charge is 0.328 e. The zero-order valence-electron chi connectivity index (χ0n) is 7.71. The van der Waals surface area contributed by atoms with Gasteiger partial charge in [-0.1, -0.05) is 0 Å². The Hall–Kier alpha value is -1.39. The van der Waals surface area contributed by atoms with Gasteiger partial charge in [-0.05, 0) is 35.0 Å². The van der Waals surface area contributed by atoms with Crippen LogP contribution in [0.5, 0.6) is 0 Å². The Morgan fingerprint density at radius 3 is 2.87 bits per heavy atom. The third-order valence-electron chi connectivity index (χ3n) is 1.82. The highest BCUT2D eigenvalue weighted by atomic mass is 32.1. The van der Waals surface area contributed by atoms with Crippen molar-refractivity contribution in [3.8, 4) is 10.4 Å². The number of aliphatic carboxylic acids is 1. The van der Waals surface area contributed by atoms with E-state index in [-0.39, 0.29) is 0 Å². The van der Waals surface area contributed by atoms with Crippen molar-refractivity contribution in [3.05, 3.63) is 39.9 Å². The maximum atomic E-state index is 10.3. The van der Waals surface area contributed by atoms with Crippen molar-refractivity contribution in [2.45, 2.75) is 0 Å². The van der Waals surface area contributed by atoms with Crippen LogP contribution in [-0.2, 0) is 4.79 Å². The van der Waals surface area contributed by atoms with Crippen LogP contribution < -0.4 is 0 Å². The largest absolute Gasteiger partial charge is 0.478 e. The Morgan fingerprint density at radius 2 is 2.20 bits per heavy atom. The molecule has 0 bridgehead atoms. The van der Waals surface area contributed by atoms with Gasteiger partial charge in [0.1, 0.15) is 0 Å². The minimum absolute atomic E-state index is 0.916. The molecule has 0 aliphatic carbocycles. The summed E-state index contributed by atoms with van der Waals surface area (Å²) in [6.07, 6.45) is 2.77. The second-order valence-corrected chi connectivity index (χ2v) is 4.78. The van der Waals surface area contributed by atoms with E-state index in [4.69, 9.17) is 5.11 Å². The molecule has 2 aromatic heterocycles. The molecule has 0 aromatic carbocycles. The fraction of sp³-hybridized carbons (Fsp3) is 0. The lowest BCUT2D eigenvalue weighted by molar-refractivity contribution is -0.131. The minimum atomic E-state index is -0.916. The molecular formula is C11H8O2S2. The Morgan fingerprint density at radius 1 is 1.33 bits per heavy atom. The first-order valence-electron chi connectivity index (χ1n) is 4.29. The Kier molecular flexibility index (Phi) is 2.99. The maximum Gasteiger partial charge on any atom is 0.328 e. The van der Waals surface area contributed by atoms with Crippen LogP contribution in [0.2, 0.25) is 0 Å². The number of hydrogen-bond donors (Lipinski definition) is 1. The molecule has 0 saturated carbocycles. The fourth-order valence-corrected chi connectivity index (χ4v) is 2.79. The van der Waals surface area contributed by atoms with E-state index in [1.54, 1.807) is 28.7 Å². The third-order valence-corrected chi connectivity index (χ3v) is 3.61. The number of carboxylic acids is 1. The van der Waals surface area contributed by atoms with E-state index in [1.165, 1.54) is 10.4 Å². The first-order chi connectivity index (χ1) is 7.25. The molecule has 76 valence electrons. The van der Waals surface area contributed by atoms with Gasteiger partial charge in [0.25, 0.3) is 0 Å². The molecule has 0 fully saturated rings. The van der Waals surface area contributed by atoms with Crippen LogP contribution in [0.1, 0.15) is 4.88 Å². The van der Waals surface area contributed by atoms with Gasteiger partial charge >= 0.3 is 5.97 Å². The fourth-order valence-electron chi connectivity index (χ4n) is 1.16. The van der Waals surface area contributed by atoms with Crippen molar-refractivity contribution in [1.29, 1.82) is 0 Å². The standard InChI is InChI=1S/C11H8O2S2/c12-11(13)4-2-9-1-3-10(15-9)8-5-6-14-7-8/h1-7H,(H,12,13)/b4-2+. The highest BCUT2D eigenvalue weighted by molar-refractivity contribution is 7.16. The predicted octanol–water partition coefficient (Wildman–Crippen LogP) is 3.57. The third kappa shape index (κ3) is 2.55. The predicted molar refractivity (Wildman–Crippen MR) is 64.3 cm³/mol. The number of thiophene rings is 2. The zero-order valence-corrected chi connectivity index (χ0v) is 9.35. The quantitative estimate of drug-likeness (QED) is 0.827. The Bertz CT molecular complexity index is 480. The summed E-state index contributed by atoms with van der Waals surface area (Å²) < 4.78 is 0. The first-order valence-corrected chi connectivity index (χ1v) is 6.05. The molecule has 0 amide bonds. The topological polar surface area (TPSA) is 37.3 Å². The normalized spacial score (nSPS) is 10.9. The summed E-state index contributed by atoms with van der Waals surface area (Å²) in [6.45, 7) is 0. The van der Waals surface area contributed by atoms with E-state index in [9.17, 15) is 4.79 Å². The summed E-state index contributed by atoms with van der Waals surface area (Å²) >= 11 is 3.25. The average molecular weight is 236 g/mol. The average Bonchev–Trinajstić information content (AvgIpc) is 2.85. The molecule has 2 rings (SSSR count). The monoisotopic (exact) mass is 236 g/mol. The molecule has 0 aliphatic heterocycles. The highest BCUT2D eigenvalue weighted by Gasteiger charge is 2.01. The number of carbonyl (C=O) groups is 1. The van der Waals surface area contributed by atoms with Gasteiger partial charge in [-0.25, -0.2) is 4.79 Å². The lowest BCUT2D eigenvalue weighted by Gasteiger charge is -1.87. The number of hydrogen-bond acceptors (Lipinski definition) is 3. The molecule has 4 heteroatoms. The molecular weight excluding hydrogens is 228 g/mol. The van der Waals surface area contributed by atoms with Crippen LogP contribution in [0.3, 0.4) is 0 Å². The van der Waals surface area contributed by atoms with Gasteiger partial charge in [0.05, 0.1) is 0 Å². The van der Waals surface area contributed by atoms with E-state index < -0.39 is 5.97 Å². The van der Waals surface area contributed by atoms with Gasteiger partial charge < -0.3 is 5.11 Å². The molecule has 0 radical (unpaired) electrons. The van der Waals surface area contributed by atoms with E-state index in [2.05, 4.69) is 11.4 Å². The molecule has 2 heterocycles. The molecule has 0 spiro atoms. The molecule has 15 heavy (non-hydrogen) atoms. The number of rotatable bonds is 3. The van der Waals surface area contributed by atoms with Gasteiger partial charge in [-0.15, -0.1) is 11.3 Å². The van der Waals surface area contributed by atoms with Crippen molar-refractivity contribution in [1.82, 2.24) is 0 Å². The summed E-state index contributed by atoms with van der Waals surface area (Å²) in [5.41, 5.74) is 1.19. The van der Waals surface area contributed by atoms with Crippen molar-refractivity contribution < 1.29 is 9.90 Å². The lowest BCUT2D eigenvalue weighted by atomic mass is 10.3.